The molecule has 2 N–H and O–H groups in total. The number of halogens is 3. The topological polar surface area (TPSA) is 82.9 Å². The molecule has 2 heterocycles. The summed E-state index contributed by atoms with van der Waals surface area (Å²) in [5.41, 5.74) is -0.949. The number of nitrogens with zero attached hydrogens (tertiary/aromatic N) is 2. The summed E-state index contributed by atoms with van der Waals surface area (Å²) < 4.78 is 42.3. The Morgan fingerprint density at radius 3 is 2.69 bits per heavy atom. The first-order valence-electron chi connectivity index (χ1n) is 8.57. The van der Waals surface area contributed by atoms with Crippen LogP contribution in [-0.4, -0.2) is 17.9 Å². The normalized spacial score (nSPS) is 19.3. The molecule has 0 saturated carbocycles. The highest BCUT2D eigenvalue weighted by atomic mass is 19.1. The minimum Gasteiger partial charge on any atom is -0.367 e. The van der Waals surface area contributed by atoms with Gasteiger partial charge in [-0.3, -0.25) is 9.59 Å². The molecule has 0 radical (unpaired) electrons. The zero-order chi connectivity index (χ0) is 20.5. The van der Waals surface area contributed by atoms with E-state index in [1.807, 2.05) is 0 Å². The Morgan fingerprint density at radius 1 is 1.07 bits per heavy atom. The van der Waals surface area contributed by atoms with Gasteiger partial charge in [0.05, 0.1) is 17.2 Å². The SMILES string of the molecule is O=C(Nc1cc(F)cc(C(=O)C2=CNC3N=NC=CC23)c1F)c1cccc(F)c1. The van der Waals surface area contributed by atoms with Gasteiger partial charge >= 0.3 is 0 Å². The zero-order valence-corrected chi connectivity index (χ0v) is 14.7. The van der Waals surface area contributed by atoms with E-state index in [0.717, 1.165) is 24.3 Å². The van der Waals surface area contributed by atoms with Crippen molar-refractivity contribution < 1.29 is 22.8 Å². The van der Waals surface area contributed by atoms with Gasteiger partial charge in [-0.2, -0.15) is 10.2 Å². The van der Waals surface area contributed by atoms with E-state index in [1.165, 1.54) is 24.5 Å². The minimum atomic E-state index is -1.09. The third-order valence-electron chi connectivity index (χ3n) is 4.54. The predicted molar refractivity (Wildman–Crippen MR) is 97.5 cm³/mol. The Morgan fingerprint density at radius 2 is 1.90 bits per heavy atom. The van der Waals surface area contributed by atoms with Gasteiger partial charge in [0.1, 0.15) is 17.8 Å². The second-order valence-corrected chi connectivity index (χ2v) is 6.42. The molecule has 2 unspecified atom stereocenters. The van der Waals surface area contributed by atoms with E-state index in [1.54, 1.807) is 6.08 Å². The van der Waals surface area contributed by atoms with E-state index in [0.29, 0.717) is 0 Å². The molecule has 0 fully saturated rings. The van der Waals surface area contributed by atoms with Gasteiger partial charge in [-0.05, 0) is 24.3 Å². The molecule has 1 amide bonds. The van der Waals surface area contributed by atoms with Crippen LogP contribution in [0.4, 0.5) is 18.9 Å². The fourth-order valence-electron chi connectivity index (χ4n) is 3.14. The highest BCUT2D eigenvalue weighted by molar-refractivity contribution is 6.11. The minimum absolute atomic E-state index is 0.0789. The van der Waals surface area contributed by atoms with Gasteiger partial charge in [0.15, 0.2) is 11.6 Å². The lowest BCUT2D eigenvalue weighted by Crippen LogP contribution is -2.26. The van der Waals surface area contributed by atoms with Gasteiger partial charge in [0, 0.05) is 29.6 Å². The molecule has 146 valence electrons. The molecule has 9 heteroatoms. The van der Waals surface area contributed by atoms with Crippen molar-refractivity contribution >= 4 is 17.4 Å². The average Bonchev–Trinajstić information content (AvgIpc) is 3.14. The number of Topliss-reactive ketones (excluding diaryl/α,β-unsaturated/α-hetero) is 1. The van der Waals surface area contributed by atoms with Gasteiger partial charge in [-0.25, -0.2) is 13.2 Å². The Bertz CT molecular complexity index is 1110. The molecule has 4 rings (SSSR count). The van der Waals surface area contributed by atoms with Crippen LogP contribution in [0.5, 0.6) is 0 Å². The van der Waals surface area contributed by atoms with Crippen molar-refractivity contribution in [3.05, 3.63) is 89.0 Å². The van der Waals surface area contributed by atoms with E-state index in [2.05, 4.69) is 20.9 Å². The summed E-state index contributed by atoms with van der Waals surface area (Å²) in [5, 5.41) is 12.7. The number of rotatable bonds is 4. The number of hydrogen-bond donors (Lipinski definition) is 2. The Kier molecular flexibility index (Phi) is 4.71. The van der Waals surface area contributed by atoms with Crippen LogP contribution >= 0.6 is 0 Å². The molecule has 2 atom stereocenters. The van der Waals surface area contributed by atoms with E-state index in [4.69, 9.17) is 0 Å². The predicted octanol–water partition coefficient (Wildman–Crippen LogP) is 3.95. The van der Waals surface area contributed by atoms with Crippen molar-refractivity contribution in [3.63, 3.8) is 0 Å². The van der Waals surface area contributed by atoms with Gasteiger partial charge in [-0.1, -0.05) is 12.1 Å². The quantitative estimate of drug-likeness (QED) is 0.765. The molecular formula is C20H13F3N4O2. The largest absolute Gasteiger partial charge is 0.367 e. The van der Waals surface area contributed by atoms with Crippen molar-refractivity contribution in [2.45, 2.75) is 6.17 Å². The monoisotopic (exact) mass is 398 g/mol. The highest BCUT2D eigenvalue weighted by Gasteiger charge is 2.35. The summed E-state index contributed by atoms with van der Waals surface area (Å²) in [6.45, 7) is 0. The van der Waals surface area contributed by atoms with Crippen molar-refractivity contribution in [1.29, 1.82) is 0 Å². The maximum atomic E-state index is 15.0. The number of benzene rings is 2. The molecule has 2 aromatic carbocycles. The number of ketones is 1. The molecule has 2 aliphatic heterocycles. The van der Waals surface area contributed by atoms with E-state index < -0.39 is 52.5 Å². The van der Waals surface area contributed by atoms with Crippen LogP contribution in [0.3, 0.4) is 0 Å². The number of carbonyl (C=O) groups excluding carboxylic acids is 2. The maximum absolute atomic E-state index is 15.0. The van der Waals surface area contributed by atoms with E-state index in [-0.39, 0.29) is 11.1 Å². The molecule has 0 aliphatic carbocycles. The number of carbonyl (C=O) groups is 2. The molecule has 6 nitrogen and oxygen atoms in total. The molecule has 2 aliphatic rings. The third-order valence-corrected chi connectivity index (χ3v) is 4.54. The Labute approximate surface area is 162 Å². The van der Waals surface area contributed by atoms with Crippen LogP contribution in [0.1, 0.15) is 20.7 Å². The first-order chi connectivity index (χ1) is 13.9. The number of azo groups is 1. The van der Waals surface area contributed by atoms with Gasteiger partial charge in [-0.15, -0.1) is 0 Å². The molecular weight excluding hydrogens is 385 g/mol. The lowest BCUT2D eigenvalue weighted by molar-refractivity contribution is 0.101. The summed E-state index contributed by atoms with van der Waals surface area (Å²) >= 11 is 0. The summed E-state index contributed by atoms with van der Waals surface area (Å²) in [7, 11) is 0. The van der Waals surface area contributed by atoms with Crippen LogP contribution in [0, 0.1) is 23.4 Å². The summed E-state index contributed by atoms with van der Waals surface area (Å²) in [5.74, 6) is -4.71. The molecule has 0 spiro atoms. The second kappa shape index (κ2) is 7.34. The Hall–Kier alpha value is -3.75. The standard InChI is InChI=1S/C20H13F3N4O2/c21-11-3-1-2-10(6-11)20(29)26-16-8-12(22)7-14(17(16)23)18(28)15-9-24-19-13(15)4-5-25-27-19/h1-9,13,19,24H,(H,26,29). The average molecular weight is 398 g/mol. The molecule has 0 bridgehead atoms. The summed E-state index contributed by atoms with van der Waals surface area (Å²) in [6.07, 6.45) is 3.96. The van der Waals surface area contributed by atoms with Crippen LogP contribution in [0.25, 0.3) is 0 Å². The van der Waals surface area contributed by atoms with Gasteiger partial charge in [0.25, 0.3) is 5.91 Å². The molecule has 29 heavy (non-hydrogen) atoms. The number of nitrogens with one attached hydrogen (secondary N) is 2. The Balaban J connectivity index is 1.63. The van der Waals surface area contributed by atoms with E-state index >= 15 is 0 Å². The van der Waals surface area contributed by atoms with Crippen LogP contribution < -0.4 is 10.6 Å². The summed E-state index contributed by atoms with van der Waals surface area (Å²) in [6, 6.07) is 6.25. The fraction of sp³-hybridized carbons (Fsp3) is 0.100. The highest BCUT2D eigenvalue weighted by Crippen LogP contribution is 2.31. The zero-order valence-electron chi connectivity index (χ0n) is 14.7. The molecule has 2 aromatic rings. The lowest BCUT2D eigenvalue weighted by atomic mass is 9.91. The van der Waals surface area contributed by atoms with E-state index in [9.17, 15) is 22.8 Å². The van der Waals surface area contributed by atoms with Gasteiger partial charge < -0.3 is 10.6 Å². The van der Waals surface area contributed by atoms with Crippen LogP contribution in [0.2, 0.25) is 0 Å². The molecule has 0 saturated heterocycles. The van der Waals surface area contributed by atoms with Crippen LogP contribution in [-0.2, 0) is 0 Å². The fourth-order valence-corrected chi connectivity index (χ4v) is 3.14. The first kappa shape index (κ1) is 18.6. The first-order valence-corrected chi connectivity index (χ1v) is 8.57. The lowest BCUT2D eigenvalue weighted by Gasteiger charge is -2.17. The maximum Gasteiger partial charge on any atom is 0.255 e. The van der Waals surface area contributed by atoms with Crippen molar-refractivity contribution in [3.8, 4) is 0 Å². The third kappa shape index (κ3) is 3.54. The summed E-state index contributed by atoms with van der Waals surface area (Å²) in [4.78, 5) is 25.1. The molecule has 0 aromatic heterocycles. The number of anilines is 1. The van der Waals surface area contributed by atoms with Gasteiger partial charge in [0.2, 0.25) is 0 Å². The number of fused-ring (bicyclic) bond motifs is 1. The van der Waals surface area contributed by atoms with Crippen molar-refractivity contribution in [1.82, 2.24) is 5.32 Å². The van der Waals surface area contributed by atoms with Crippen molar-refractivity contribution in [2.75, 3.05) is 5.32 Å². The van der Waals surface area contributed by atoms with Crippen molar-refractivity contribution in [2.24, 2.45) is 16.1 Å². The van der Waals surface area contributed by atoms with Crippen LogP contribution in [0.15, 0.2) is 70.7 Å². The second-order valence-electron chi connectivity index (χ2n) is 6.42. The smallest absolute Gasteiger partial charge is 0.255 e. The number of amides is 1. The number of hydrogen-bond acceptors (Lipinski definition) is 5.